The molecule has 0 aliphatic carbocycles. The van der Waals surface area contributed by atoms with Gasteiger partial charge >= 0.3 is 12.2 Å². The Labute approximate surface area is 135 Å². The first-order valence-corrected chi connectivity index (χ1v) is 7.06. The van der Waals surface area contributed by atoms with Crippen molar-refractivity contribution in [3.63, 3.8) is 0 Å². The molecular weight excluding hydrogens is 298 g/mol. The van der Waals surface area contributed by atoms with E-state index in [2.05, 4.69) is 4.98 Å². The number of pyridine rings is 1. The molecule has 7 heteroatoms. The summed E-state index contributed by atoms with van der Waals surface area (Å²) in [5.41, 5.74) is -1.69. The molecule has 1 aromatic rings. The van der Waals surface area contributed by atoms with Crippen LogP contribution in [0.5, 0.6) is 0 Å². The van der Waals surface area contributed by atoms with E-state index >= 15 is 0 Å². The maximum absolute atomic E-state index is 12.4. The number of carbonyl (C=O) groups is 2. The van der Waals surface area contributed by atoms with Crippen molar-refractivity contribution in [2.75, 3.05) is 4.90 Å². The number of amides is 2. The Morgan fingerprint density at radius 3 is 1.96 bits per heavy atom. The van der Waals surface area contributed by atoms with Crippen molar-refractivity contribution in [2.45, 2.75) is 52.7 Å². The summed E-state index contributed by atoms with van der Waals surface area (Å²) in [6.07, 6.45) is -0.475. The standard InChI is InChI=1S/C16H21N3O4/c1-15(2,3)22-13(20)19(14(21)23-16(4,5)6)12-8-7-9-18-11(12)10-17/h7-9H,1-6H3. The van der Waals surface area contributed by atoms with Gasteiger partial charge in [0.15, 0.2) is 5.69 Å². The maximum atomic E-state index is 12.4. The Kier molecular flexibility index (Phi) is 5.33. The van der Waals surface area contributed by atoms with Crippen LogP contribution in [0.25, 0.3) is 0 Å². The maximum Gasteiger partial charge on any atom is 0.424 e. The molecule has 1 rings (SSSR count). The lowest BCUT2D eigenvalue weighted by Crippen LogP contribution is -2.44. The van der Waals surface area contributed by atoms with Crippen molar-refractivity contribution in [3.05, 3.63) is 24.0 Å². The molecule has 0 aliphatic rings. The van der Waals surface area contributed by atoms with E-state index in [1.807, 2.05) is 6.07 Å². The van der Waals surface area contributed by atoms with Crippen LogP contribution in [0.1, 0.15) is 47.2 Å². The van der Waals surface area contributed by atoms with Gasteiger partial charge in [0.2, 0.25) is 0 Å². The van der Waals surface area contributed by atoms with Gasteiger partial charge in [0, 0.05) is 6.20 Å². The molecule has 0 radical (unpaired) electrons. The van der Waals surface area contributed by atoms with Crippen LogP contribution in [-0.4, -0.2) is 28.4 Å². The van der Waals surface area contributed by atoms with E-state index in [-0.39, 0.29) is 11.4 Å². The monoisotopic (exact) mass is 319 g/mol. The van der Waals surface area contributed by atoms with Gasteiger partial charge in [0.25, 0.3) is 0 Å². The molecule has 2 amide bonds. The number of aromatic nitrogens is 1. The number of carbonyl (C=O) groups excluding carboxylic acids is 2. The van der Waals surface area contributed by atoms with E-state index in [0.717, 1.165) is 0 Å². The summed E-state index contributed by atoms with van der Waals surface area (Å²) in [6.45, 7) is 10.0. The third kappa shape index (κ3) is 5.58. The van der Waals surface area contributed by atoms with Crippen molar-refractivity contribution < 1.29 is 19.1 Å². The Hall–Kier alpha value is -2.62. The minimum atomic E-state index is -0.934. The number of ether oxygens (including phenoxy) is 2. The van der Waals surface area contributed by atoms with Crippen molar-refractivity contribution in [2.24, 2.45) is 0 Å². The van der Waals surface area contributed by atoms with Gasteiger partial charge in [-0.05, 0) is 53.7 Å². The molecule has 7 nitrogen and oxygen atoms in total. The largest absolute Gasteiger partial charge is 0.443 e. The molecule has 124 valence electrons. The normalized spacial score (nSPS) is 11.3. The first-order chi connectivity index (χ1) is 10.4. The van der Waals surface area contributed by atoms with Crippen LogP contribution in [-0.2, 0) is 9.47 Å². The summed E-state index contributed by atoms with van der Waals surface area (Å²) in [5, 5.41) is 9.15. The zero-order valence-corrected chi connectivity index (χ0v) is 14.2. The van der Waals surface area contributed by atoms with Crippen molar-refractivity contribution in [3.8, 4) is 6.07 Å². The van der Waals surface area contributed by atoms with E-state index in [9.17, 15) is 9.59 Å². The fourth-order valence-corrected chi connectivity index (χ4v) is 1.55. The van der Waals surface area contributed by atoms with Crippen LogP contribution in [0.15, 0.2) is 18.3 Å². The molecule has 1 heterocycles. The molecule has 0 saturated heterocycles. The third-order valence-electron chi connectivity index (χ3n) is 2.29. The number of rotatable bonds is 1. The van der Waals surface area contributed by atoms with E-state index in [1.54, 1.807) is 41.5 Å². The highest BCUT2D eigenvalue weighted by Crippen LogP contribution is 2.23. The van der Waals surface area contributed by atoms with E-state index in [1.165, 1.54) is 18.3 Å². The SMILES string of the molecule is CC(C)(C)OC(=O)N(C(=O)OC(C)(C)C)c1cccnc1C#N. The quantitative estimate of drug-likeness (QED) is 0.784. The van der Waals surface area contributed by atoms with Gasteiger partial charge in [0.05, 0.1) is 5.69 Å². The highest BCUT2D eigenvalue weighted by atomic mass is 16.6. The molecular formula is C16H21N3O4. The van der Waals surface area contributed by atoms with Crippen molar-refractivity contribution in [1.82, 2.24) is 4.98 Å². The number of nitriles is 1. The van der Waals surface area contributed by atoms with Gasteiger partial charge in [0.1, 0.15) is 17.3 Å². The van der Waals surface area contributed by atoms with E-state index in [4.69, 9.17) is 14.7 Å². The molecule has 0 fully saturated rings. The summed E-state index contributed by atoms with van der Waals surface area (Å²) in [5.74, 6) is 0. The minimum Gasteiger partial charge on any atom is -0.443 e. The molecule has 0 atom stereocenters. The lowest BCUT2D eigenvalue weighted by Gasteiger charge is -2.28. The Balaban J connectivity index is 3.29. The predicted molar refractivity (Wildman–Crippen MR) is 83.9 cm³/mol. The van der Waals surface area contributed by atoms with Crippen LogP contribution in [0.2, 0.25) is 0 Å². The zero-order valence-electron chi connectivity index (χ0n) is 14.2. The fraction of sp³-hybridized carbons (Fsp3) is 0.500. The number of nitrogens with zero attached hydrogens (tertiary/aromatic N) is 3. The highest BCUT2D eigenvalue weighted by molar-refractivity contribution is 6.10. The van der Waals surface area contributed by atoms with Gasteiger partial charge in [-0.2, -0.15) is 10.2 Å². The Morgan fingerprint density at radius 2 is 1.57 bits per heavy atom. The second kappa shape index (κ2) is 6.65. The number of imide groups is 1. The minimum absolute atomic E-state index is 0.0125. The lowest BCUT2D eigenvalue weighted by atomic mass is 10.2. The molecule has 23 heavy (non-hydrogen) atoms. The summed E-state index contributed by atoms with van der Waals surface area (Å²) in [7, 11) is 0. The summed E-state index contributed by atoms with van der Waals surface area (Å²) >= 11 is 0. The van der Waals surface area contributed by atoms with Crippen molar-refractivity contribution >= 4 is 17.9 Å². The lowest BCUT2D eigenvalue weighted by molar-refractivity contribution is 0.0430. The third-order valence-corrected chi connectivity index (χ3v) is 2.29. The first-order valence-electron chi connectivity index (χ1n) is 7.06. The molecule has 0 N–H and O–H groups in total. The van der Waals surface area contributed by atoms with Gasteiger partial charge in [-0.15, -0.1) is 0 Å². The molecule has 0 unspecified atom stereocenters. The Morgan fingerprint density at radius 1 is 1.09 bits per heavy atom. The van der Waals surface area contributed by atoms with Gasteiger partial charge in [-0.3, -0.25) is 0 Å². The van der Waals surface area contributed by atoms with Gasteiger partial charge in [-0.1, -0.05) is 0 Å². The van der Waals surface area contributed by atoms with Crippen LogP contribution in [0.3, 0.4) is 0 Å². The van der Waals surface area contributed by atoms with E-state index < -0.39 is 23.4 Å². The fourth-order valence-electron chi connectivity index (χ4n) is 1.55. The Bertz CT molecular complexity index is 608. The smallest absolute Gasteiger partial charge is 0.424 e. The van der Waals surface area contributed by atoms with Crippen molar-refractivity contribution in [1.29, 1.82) is 5.26 Å². The van der Waals surface area contributed by atoms with Crippen LogP contribution >= 0.6 is 0 Å². The zero-order chi connectivity index (χ0) is 17.8. The van der Waals surface area contributed by atoms with Gasteiger partial charge in [-0.25, -0.2) is 14.6 Å². The molecule has 0 aliphatic heterocycles. The molecule has 0 aromatic carbocycles. The first kappa shape index (κ1) is 18.4. The molecule has 1 aromatic heterocycles. The average molecular weight is 319 g/mol. The topological polar surface area (TPSA) is 92.5 Å². The number of hydrogen-bond donors (Lipinski definition) is 0. The second-order valence-electron chi connectivity index (χ2n) is 6.78. The molecule has 0 spiro atoms. The molecule has 0 saturated carbocycles. The van der Waals surface area contributed by atoms with Crippen LogP contribution < -0.4 is 4.90 Å². The highest BCUT2D eigenvalue weighted by Gasteiger charge is 2.34. The summed E-state index contributed by atoms with van der Waals surface area (Å²) < 4.78 is 10.5. The van der Waals surface area contributed by atoms with E-state index in [0.29, 0.717) is 4.90 Å². The number of anilines is 1. The number of hydrogen-bond acceptors (Lipinski definition) is 6. The average Bonchev–Trinajstić information content (AvgIpc) is 2.35. The molecule has 0 bridgehead atoms. The predicted octanol–water partition coefficient (Wildman–Crippen LogP) is 3.63. The van der Waals surface area contributed by atoms with Crippen LogP contribution in [0.4, 0.5) is 15.3 Å². The summed E-state index contributed by atoms with van der Waals surface area (Å²) in [4.78, 5) is 29.4. The summed E-state index contributed by atoms with van der Waals surface area (Å²) in [6, 6.07) is 4.78. The van der Waals surface area contributed by atoms with Crippen LogP contribution in [0, 0.1) is 11.3 Å². The van der Waals surface area contributed by atoms with Gasteiger partial charge < -0.3 is 9.47 Å². The second-order valence-corrected chi connectivity index (χ2v) is 6.78.